The van der Waals surface area contributed by atoms with Gasteiger partial charge in [0, 0.05) is 6.04 Å². The first-order valence-electron chi connectivity index (χ1n) is 4.04. The zero-order valence-electron chi connectivity index (χ0n) is 7.27. The van der Waals surface area contributed by atoms with Crippen LogP contribution in [0.2, 0.25) is 0 Å². The Hall–Kier alpha value is -0.180. The highest BCUT2D eigenvalue weighted by molar-refractivity contribution is 4.90. The Balaban J connectivity index is 2.32. The molecule has 0 aromatic heterocycles. The Kier molecular flexibility index (Phi) is 2.19. The molecule has 0 N–H and O–H groups in total. The van der Waals surface area contributed by atoms with Crippen molar-refractivity contribution >= 4 is 0 Å². The fourth-order valence-electron chi connectivity index (χ4n) is 1.26. The van der Waals surface area contributed by atoms with Gasteiger partial charge >= 0.3 is 0 Å². The Morgan fingerprint density at radius 1 is 1.18 bits per heavy atom. The second-order valence-electron chi connectivity index (χ2n) is 3.75. The Morgan fingerprint density at radius 3 is 1.91 bits per heavy atom. The zero-order valence-corrected chi connectivity index (χ0v) is 7.27. The average Bonchev–Trinajstić information content (AvgIpc) is 1.80. The highest BCUT2D eigenvalue weighted by Gasteiger charge is 2.45. The lowest BCUT2D eigenvalue weighted by Crippen LogP contribution is -2.60. The van der Waals surface area contributed by atoms with Crippen molar-refractivity contribution in [3.05, 3.63) is 0 Å². The van der Waals surface area contributed by atoms with Gasteiger partial charge in [-0.05, 0) is 12.8 Å². The van der Waals surface area contributed by atoms with Crippen molar-refractivity contribution in [2.45, 2.75) is 32.7 Å². The highest BCUT2D eigenvalue weighted by Crippen LogP contribution is 2.30. The van der Waals surface area contributed by atoms with E-state index in [0.717, 1.165) is 0 Å². The standard InChI is InChI=1S/C8H15F2N/c1-6(2)7(3)11-4-8(9,10)5-11/h6-7H,4-5H2,1-3H3/t7-/m0/s1. The van der Waals surface area contributed by atoms with Gasteiger partial charge in [0.1, 0.15) is 0 Å². The van der Waals surface area contributed by atoms with Crippen LogP contribution in [0.15, 0.2) is 0 Å². The van der Waals surface area contributed by atoms with E-state index in [0.29, 0.717) is 5.92 Å². The lowest BCUT2D eigenvalue weighted by Gasteiger charge is -2.44. The topological polar surface area (TPSA) is 3.24 Å². The Morgan fingerprint density at radius 2 is 1.64 bits per heavy atom. The van der Waals surface area contributed by atoms with Gasteiger partial charge in [0.2, 0.25) is 0 Å². The van der Waals surface area contributed by atoms with E-state index in [9.17, 15) is 8.78 Å². The number of hydrogen-bond acceptors (Lipinski definition) is 1. The molecule has 0 aliphatic carbocycles. The van der Waals surface area contributed by atoms with Crippen molar-refractivity contribution in [1.29, 1.82) is 0 Å². The maximum Gasteiger partial charge on any atom is 0.272 e. The molecule has 0 unspecified atom stereocenters. The molecule has 1 nitrogen and oxygen atoms in total. The molecular formula is C8H15F2N. The zero-order chi connectivity index (χ0) is 8.65. The predicted octanol–water partition coefficient (Wildman–Crippen LogP) is 1.98. The van der Waals surface area contributed by atoms with Crippen LogP contribution in [0.5, 0.6) is 0 Å². The first-order chi connectivity index (χ1) is 4.92. The molecule has 1 saturated heterocycles. The molecule has 1 fully saturated rings. The van der Waals surface area contributed by atoms with Crippen LogP contribution in [0, 0.1) is 5.92 Å². The molecule has 0 saturated carbocycles. The van der Waals surface area contributed by atoms with Crippen LogP contribution in [-0.2, 0) is 0 Å². The van der Waals surface area contributed by atoms with Crippen molar-refractivity contribution in [2.24, 2.45) is 5.92 Å². The van der Waals surface area contributed by atoms with Crippen molar-refractivity contribution in [1.82, 2.24) is 4.90 Å². The second-order valence-corrected chi connectivity index (χ2v) is 3.75. The van der Waals surface area contributed by atoms with Crippen molar-refractivity contribution in [3.63, 3.8) is 0 Å². The lowest BCUT2D eigenvalue weighted by molar-refractivity contribution is -0.148. The molecule has 1 rings (SSSR count). The summed E-state index contributed by atoms with van der Waals surface area (Å²) in [7, 11) is 0. The summed E-state index contributed by atoms with van der Waals surface area (Å²) in [6.45, 7) is 6.01. The molecule has 1 aliphatic heterocycles. The number of hydrogen-bond donors (Lipinski definition) is 0. The van der Waals surface area contributed by atoms with Crippen molar-refractivity contribution < 1.29 is 8.78 Å². The number of halogens is 2. The van der Waals surface area contributed by atoms with Crippen LogP contribution in [0.3, 0.4) is 0 Å². The van der Waals surface area contributed by atoms with Crippen LogP contribution in [0.25, 0.3) is 0 Å². The van der Waals surface area contributed by atoms with E-state index < -0.39 is 5.92 Å². The molecule has 66 valence electrons. The molecule has 0 amide bonds. The molecule has 0 aromatic carbocycles. The van der Waals surface area contributed by atoms with Crippen LogP contribution in [0.1, 0.15) is 20.8 Å². The van der Waals surface area contributed by atoms with Gasteiger partial charge in [0.05, 0.1) is 13.1 Å². The molecule has 3 heteroatoms. The number of likely N-dealkylation sites (tertiary alicyclic amines) is 1. The number of nitrogens with zero attached hydrogens (tertiary/aromatic N) is 1. The van der Waals surface area contributed by atoms with E-state index in [2.05, 4.69) is 13.8 Å². The van der Waals surface area contributed by atoms with Gasteiger partial charge in [-0.3, -0.25) is 4.90 Å². The maximum absolute atomic E-state index is 12.4. The van der Waals surface area contributed by atoms with Crippen molar-refractivity contribution in [2.75, 3.05) is 13.1 Å². The van der Waals surface area contributed by atoms with E-state index in [1.165, 1.54) is 0 Å². The third-order valence-corrected chi connectivity index (χ3v) is 2.41. The fraction of sp³-hybridized carbons (Fsp3) is 1.00. The lowest BCUT2D eigenvalue weighted by atomic mass is 9.99. The highest BCUT2D eigenvalue weighted by atomic mass is 19.3. The minimum atomic E-state index is -2.41. The SMILES string of the molecule is CC(C)[C@H](C)N1CC(F)(F)C1. The first-order valence-corrected chi connectivity index (χ1v) is 4.04. The second kappa shape index (κ2) is 2.70. The van der Waals surface area contributed by atoms with Crippen LogP contribution in [-0.4, -0.2) is 30.0 Å². The normalized spacial score (nSPS) is 26.7. The van der Waals surface area contributed by atoms with E-state index in [-0.39, 0.29) is 19.1 Å². The van der Waals surface area contributed by atoms with E-state index in [1.807, 2.05) is 11.8 Å². The molecule has 0 aromatic rings. The summed E-state index contributed by atoms with van der Waals surface area (Å²) in [5.41, 5.74) is 0. The molecule has 0 radical (unpaired) electrons. The van der Waals surface area contributed by atoms with Crippen LogP contribution in [0.4, 0.5) is 8.78 Å². The van der Waals surface area contributed by atoms with Crippen LogP contribution < -0.4 is 0 Å². The third-order valence-electron chi connectivity index (χ3n) is 2.41. The minimum Gasteiger partial charge on any atom is -0.288 e. The van der Waals surface area contributed by atoms with E-state index in [4.69, 9.17) is 0 Å². The maximum atomic E-state index is 12.4. The molecule has 1 atom stereocenters. The molecule has 1 aliphatic rings. The van der Waals surface area contributed by atoms with Gasteiger partial charge < -0.3 is 0 Å². The molecular weight excluding hydrogens is 148 g/mol. The van der Waals surface area contributed by atoms with Crippen molar-refractivity contribution in [3.8, 4) is 0 Å². The number of alkyl halides is 2. The average molecular weight is 163 g/mol. The summed E-state index contributed by atoms with van der Waals surface area (Å²) in [6.07, 6.45) is 0. The smallest absolute Gasteiger partial charge is 0.272 e. The molecule has 11 heavy (non-hydrogen) atoms. The summed E-state index contributed by atoms with van der Waals surface area (Å²) in [5, 5.41) is 0. The molecule has 1 heterocycles. The minimum absolute atomic E-state index is 0.0493. The van der Waals surface area contributed by atoms with Gasteiger partial charge in [0.15, 0.2) is 0 Å². The summed E-state index contributed by atoms with van der Waals surface area (Å²) < 4.78 is 24.7. The molecule has 0 bridgehead atoms. The van der Waals surface area contributed by atoms with Gasteiger partial charge in [-0.2, -0.15) is 0 Å². The fourth-order valence-corrected chi connectivity index (χ4v) is 1.26. The Labute approximate surface area is 66.4 Å². The monoisotopic (exact) mass is 163 g/mol. The summed E-state index contributed by atoms with van der Waals surface area (Å²) in [6, 6.07) is 0.287. The van der Waals surface area contributed by atoms with E-state index in [1.54, 1.807) is 0 Å². The first kappa shape index (κ1) is 8.91. The summed E-state index contributed by atoms with van der Waals surface area (Å²) >= 11 is 0. The number of rotatable bonds is 2. The predicted molar refractivity (Wildman–Crippen MR) is 40.8 cm³/mol. The van der Waals surface area contributed by atoms with Gasteiger partial charge in [-0.1, -0.05) is 13.8 Å². The largest absolute Gasteiger partial charge is 0.288 e. The van der Waals surface area contributed by atoms with E-state index >= 15 is 0 Å². The van der Waals surface area contributed by atoms with Crippen LogP contribution >= 0.6 is 0 Å². The van der Waals surface area contributed by atoms with Gasteiger partial charge in [-0.25, -0.2) is 8.78 Å². The quantitative estimate of drug-likeness (QED) is 0.601. The van der Waals surface area contributed by atoms with Gasteiger partial charge in [0.25, 0.3) is 5.92 Å². The van der Waals surface area contributed by atoms with Gasteiger partial charge in [-0.15, -0.1) is 0 Å². The summed E-state index contributed by atoms with van der Waals surface area (Å²) in [4.78, 5) is 1.82. The summed E-state index contributed by atoms with van der Waals surface area (Å²) in [5.74, 6) is -1.95. The third kappa shape index (κ3) is 1.89. The Bertz CT molecular complexity index is 137. The molecule has 0 spiro atoms.